The molecule has 0 saturated heterocycles. The maximum atomic E-state index is 11.5. The van der Waals surface area contributed by atoms with Gasteiger partial charge in [0.2, 0.25) is 10.0 Å². The summed E-state index contributed by atoms with van der Waals surface area (Å²) in [5, 5.41) is 0. The topological polar surface area (TPSA) is 75.4 Å². The van der Waals surface area contributed by atoms with Crippen molar-refractivity contribution in [3.63, 3.8) is 0 Å². The first kappa shape index (κ1) is 14.8. The van der Waals surface area contributed by atoms with E-state index in [0.29, 0.717) is 13.0 Å². The van der Waals surface area contributed by atoms with Crippen LogP contribution >= 0.6 is 0 Å². The fourth-order valence-electron chi connectivity index (χ4n) is 1.15. The van der Waals surface area contributed by atoms with Crippen molar-refractivity contribution in [2.75, 3.05) is 32.9 Å². The molecule has 0 aromatic heterocycles. The van der Waals surface area contributed by atoms with Gasteiger partial charge in [-0.1, -0.05) is 0 Å². The van der Waals surface area contributed by atoms with E-state index in [1.807, 2.05) is 25.9 Å². The Hall–Kier alpha value is -0.170. The molecule has 0 saturated carbocycles. The minimum absolute atomic E-state index is 0.0184. The molecule has 0 fully saturated rings. The second kappa shape index (κ2) is 7.16. The average Bonchev–Trinajstić information content (AvgIpc) is 2.11. The summed E-state index contributed by atoms with van der Waals surface area (Å²) in [4.78, 5) is 2.03. The molecule has 0 aliphatic heterocycles. The third-order valence-electron chi connectivity index (χ3n) is 2.01. The standard InChI is InChI=1S/C9H23N3O2S/c1-9(5-7-12(2)3)11-15(13,14)8-4-6-10/h9,11H,4-8,10H2,1-3H3. The van der Waals surface area contributed by atoms with Crippen molar-refractivity contribution >= 4 is 10.0 Å². The van der Waals surface area contributed by atoms with Crippen molar-refractivity contribution < 1.29 is 8.42 Å². The van der Waals surface area contributed by atoms with Gasteiger partial charge in [0.1, 0.15) is 0 Å². The summed E-state index contributed by atoms with van der Waals surface area (Å²) in [5.41, 5.74) is 5.27. The van der Waals surface area contributed by atoms with E-state index in [4.69, 9.17) is 5.73 Å². The van der Waals surface area contributed by atoms with Gasteiger partial charge in [-0.15, -0.1) is 0 Å². The molecule has 0 aliphatic rings. The molecule has 6 heteroatoms. The predicted molar refractivity (Wildman–Crippen MR) is 63.2 cm³/mol. The molecule has 0 spiro atoms. The predicted octanol–water partition coefficient (Wildman–Crippen LogP) is -0.405. The van der Waals surface area contributed by atoms with Gasteiger partial charge < -0.3 is 10.6 Å². The highest BCUT2D eigenvalue weighted by molar-refractivity contribution is 7.89. The van der Waals surface area contributed by atoms with E-state index in [2.05, 4.69) is 4.72 Å². The maximum absolute atomic E-state index is 11.5. The number of nitrogens with one attached hydrogen (secondary N) is 1. The first-order chi connectivity index (χ1) is 6.87. The molecule has 1 atom stereocenters. The monoisotopic (exact) mass is 237 g/mol. The average molecular weight is 237 g/mol. The Kier molecular flexibility index (Phi) is 7.08. The molecule has 0 bridgehead atoms. The first-order valence-corrected chi connectivity index (χ1v) is 6.87. The van der Waals surface area contributed by atoms with Crippen molar-refractivity contribution in [3.8, 4) is 0 Å². The van der Waals surface area contributed by atoms with Crippen LogP contribution in [-0.2, 0) is 10.0 Å². The van der Waals surface area contributed by atoms with Gasteiger partial charge >= 0.3 is 0 Å². The van der Waals surface area contributed by atoms with Crippen LogP contribution in [-0.4, -0.2) is 52.3 Å². The zero-order valence-electron chi connectivity index (χ0n) is 9.86. The smallest absolute Gasteiger partial charge is 0.211 e. The molecule has 92 valence electrons. The second-order valence-corrected chi connectivity index (χ2v) is 5.95. The van der Waals surface area contributed by atoms with Gasteiger partial charge in [0, 0.05) is 6.04 Å². The summed E-state index contributed by atoms with van der Waals surface area (Å²) in [6.45, 7) is 3.16. The third-order valence-corrected chi connectivity index (χ3v) is 3.59. The molecule has 0 radical (unpaired) electrons. The molecule has 5 nitrogen and oxygen atoms in total. The lowest BCUT2D eigenvalue weighted by atomic mass is 10.2. The van der Waals surface area contributed by atoms with E-state index in [1.54, 1.807) is 0 Å². The SMILES string of the molecule is CC(CCN(C)C)NS(=O)(=O)CCCN. The summed E-state index contributed by atoms with van der Waals surface area (Å²) in [7, 11) is 0.796. The van der Waals surface area contributed by atoms with Crippen molar-refractivity contribution in [2.24, 2.45) is 5.73 Å². The van der Waals surface area contributed by atoms with Crippen LogP contribution in [0.2, 0.25) is 0 Å². The van der Waals surface area contributed by atoms with Crippen LogP contribution in [0.1, 0.15) is 19.8 Å². The Morgan fingerprint density at radius 3 is 2.47 bits per heavy atom. The molecule has 0 aliphatic carbocycles. The van der Waals surface area contributed by atoms with Crippen molar-refractivity contribution in [1.82, 2.24) is 9.62 Å². The van der Waals surface area contributed by atoms with E-state index in [1.165, 1.54) is 0 Å². The minimum Gasteiger partial charge on any atom is -0.330 e. The molecule has 0 amide bonds. The lowest BCUT2D eigenvalue weighted by molar-refractivity contribution is 0.379. The Balaban J connectivity index is 3.88. The summed E-state index contributed by atoms with van der Waals surface area (Å²) in [6.07, 6.45) is 1.32. The van der Waals surface area contributed by atoms with Crippen LogP contribution in [0, 0.1) is 0 Å². The zero-order chi connectivity index (χ0) is 11.9. The number of rotatable bonds is 8. The van der Waals surface area contributed by atoms with E-state index in [0.717, 1.165) is 13.0 Å². The number of nitrogens with two attached hydrogens (primary N) is 1. The number of sulfonamides is 1. The van der Waals surface area contributed by atoms with Gasteiger partial charge in [-0.25, -0.2) is 13.1 Å². The highest BCUT2D eigenvalue weighted by Gasteiger charge is 2.13. The van der Waals surface area contributed by atoms with Gasteiger partial charge in [-0.05, 0) is 47.0 Å². The quantitative estimate of drug-likeness (QED) is 0.602. The molecule has 0 rings (SSSR count). The van der Waals surface area contributed by atoms with Crippen LogP contribution in [0.4, 0.5) is 0 Å². The summed E-state index contributed by atoms with van der Waals surface area (Å²) in [5.74, 6) is 0.121. The van der Waals surface area contributed by atoms with Crippen molar-refractivity contribution in [3.05, 3.63) is 0 Å². The normalized spacial score (nSPS) is 14.5. The van der Waals surface area contributed by atoms with Crippen LogP contribution in [0.15, 0.2) is 0 Å². The molecule has 1 unspecified atom stereocenters. The van der Waals surface area contributed by atoms with Crippen LogP contribution in [0.25, 0.3) is 0 Å². The molecular weight excluding hydrogens is 214 g/mol. The van der Waals surface area contributed by atoms with E-state index in [-0.39, 0.29) is 11.8 Å². The number of hydrogen-bond donors (Lipinski definition) is 2. The minimum atomic E-state index is -3.14. The lowest BCUT2D eigenvalue weighted by Crippen LogP contribution is -2.36. The Morgan fingerprint density at radius 1 is 1.40 bits per heavy atom. The fourth-order valence-corrected chi connectivity index (χ4v) is 2.55. The van der Waals surface area contributed by atoms with Gasteiger partial charge in [0.25, 0.3) is 0 Å². The molecule has 15 heavy (non-hydrogen) atoms. The summed E-state index contributed by atoms with van der Waals surface area (Å²) < 4.78 is 25.6. The van der Waals surface area contributed by atoms with Gasteiger partial charge in [0.05, 0.1) is 5.75 Å². The van der Waals surface area contributed by atoms with Gasteiger partial charge in [0.15, 0.2) is 0 Å². The second-order valence-electron chi connectivity index (χ2n) is 4.07. The molecule has 0 aromatic rings. The van der Waals surface area contributed by atoms with Crippen LogP contribution in [0.3, 0.4) is 0 Å². The fraction of sp³-hybridized carbons (Fsp3) is 1.00. The van der Waals surface area contributed by atoms with Crippen molar-refractivity contribution in [1.29, 1.82) is 0 Å². The van der Waals surface area contributed by atoms with E-state index in [9.17, 15) is 8.42 Å². The molecular formula is C9H23N3O2S. The highest BCUT2D eigenvalue weighted by Crippen LogP contribution is 1.97. The Morgan fingerprint density at radius 2 is 2.00 bits per heavy atom. The largest absolute Gasteiger partial charge is 0.330 e. The summed E-state index contributed by atoms with van der Waals surface area (Å²) in [6, 6.07) is -0.0184. The third kappa shape index (κ3) is 8.80. The van der Waals surface area contributed by atoms with E-state index >= 15 is 0 Å². The molecule has 0 heterocycles. The first-order valence-electron chi connectivity index (χ1n) is 5.22. The highest BCUT2D eigenvalue weighted by atomic mass is 32.2. The van der Waals surface area contributed by atoms with E-state index < -0.39 is 10.0 Å². The Labute approximate surface area is 93.1 Å². The lowest BCUT2D eigenvalue weighted by Gasteiger charge is -2.16. The molecule has 3 N–H and O–H groups in total. The van der Waals surface area contributed by atoms with Gasteiger partial charge in [-0.3, -0.25) is 0 Å². The number of hydrogen-bond acceptors (Lipinski definition) is 4. The summed E-state index contributed by atoms with van der Waals surface area (Å²) >= 11 is 0. The van der Waals surface area contributed by atoms with Crippen LogP contribution < -0.4 is 10.5 Å². The van der Waals surface area contributed by atoms with Crippen molar-refractivity contribution in [2.45, 2.75) is 25.8 Å². The Bertz CT molecular complexity index is 252. The molecule has 0 aromatic carbocycles. The van der Waals surface area contributed by atoms with Crippen LogP contribution in [0.5, 0.6) is 0 Å². The number of nitrogens with zero attached hydrogens (tertiary/aromatic N) is 1. The van der Waals surface area contributed by atoms with Gasteiger partial charge in [-0.2, -0.15) is 0 Å². The zero-order valence-corrected chi connectivity index (χ0v) is 10.7. The maximum Gasteiger partial charge on any atom is 0.211 e.